The van der Waals surface area contributed by atoms with Gasteiger partial charge < -0.3 is 16.0 Å². The molecule has 3 rings (SSSR count). The van der Waals surface area contributed by atoms with E-state index in [-0.39, 0.29) is 30.3 Å². The first-order valence-corrected chi connectivity index (χ1v) is 8.95. The van der Waals surface area contributed by atoms with Crippen molar-refractivity contribution in [3.63, 3.8) is 0 Å². The fraction of sp³-hybridized carbons (Fsp3) is 0.333. The van der Waals surface area contributed by atoms with Gasteiger partial charge in [0, 0.05) is 18.7 Å². The topological polar surface area (TPSA) is 75.4 Å². The quantitative estimate of drug-likeness (QED) is 0.826. The molecule has 2 amide bonds. The van der Waals surface area contributed by atoms with E-state index < -0.39 is 5.54 Å². The van der Waals surface area contributed by atoms with Crippen LogP contribution in [0.3, 0.4) is 0 Å². The maximum Gasteiger partial charge on any atom is 0.244 e. The Hall–Kier alpha value is -2.37. The highest BCUT2D eigenvalue weighted by Crippen LogP contribution is 2.24. The number of carbonyl (C=O) groups is 2. The number of hydrogen-bond donors (Lipinski definition) is 2. The van der Waals surface area contributed by atoms with Crippen LogP contribution in [0.25, 0.3) is 0 Å². The smallest absolute Gasteiger partial charge is 0.244 e. The molecule has 2 aromatic rings. The molecule has 144 valence electrons. The molecule has 1 aliphatic rings. The Bertz CT molecular complexity index is 791. The van der Waals surface area contributed by atoms with Crippen LogP contribution >= 0.6 is 12.4 Å². The number of carbonyl (C=O) groups excluding carboxylic acids is 2. The van der Waals surface area contributed by atoms with Crippen molar-refractivity contribution in [3.05, 3.63) is 65.7 Å². The second-order valence-electron chi connectivity index (χ2n) is 7.00. The van der Waals surface area contributed by atoms with E-state index in [0.717, 1.165) is 29.8 Å². The van der Waals surface area contributed by atoms with Gasteiger partial charge in [-0.25, -0.2) is 0 Å². The highest BCUT2D eigenvalue weighted by Gasteiger charge is 2.31. The Labute approximate surface area is 166 Å². The van der Waals surface area contributed by atoms with E-state index in [1.54, 1.807) is 11.8 Å². The van der Waals surface area contributed by atoms with Crippen molar-refractivity contribution in [1.29, 1.82) is 0 Å². The van der Waals surface area contributed by atoms with Crippen LogP contribution in [0.5, 0.6) is 0 Å². The first-order chi connectivity index (χ1) is 12.4. The summed E-state index contributed by atoms with van der Waals surface area (Å²) in [6, 6.07) is 16.9. The lowest BCUT2D eigenvalue weighted by Crippen LogP contribution is -2.49. The van der Waals surface area contributed by atoms with Gasteiger partial charge in [-0.2, -0.15) is 0 Å². The standard InChI is InChI=1S/C21H25N3O2.ClH/c1-15(23-20(26)21(2,22)17-7-4-3-5-8-17)16-10-12-18(13-11-16)24-14-6-9-19(24)25;/h3-5,7-8,10-13,15H,6,9,14,22H2,1-2H3,(H,23,26);1H. The molecular formula is C21H26ClN3O2. The van der Waals surface area contributed by atoms with E-state index in [0.29, 0.717) is 6.42 Å². The van der Waals surface area contributed by atoms with Gasteiger partial charge in [0.1, 0.15) is 5.54 Å². The zero-order valence-corrected chi connectivity index (χ0v) is 16.5. The van der Waals surface area contributed by atoms with E-state index in [9.17, 15) is 9.59 Å². The zero-order valence-electron chi connectivity index (χ0n) is 15.6. The minimum absolute atomic E-state index is 0. The molecule has 0 bridgehead atoms. The lowest BCUT2D eigenvalue weighted by atomic mass is 9.91. The lowest BCUT2D eigenvalue weighted by molar-refractivity contribution is -0.126. The normalized spacial score (nSPS) is 17.0. The number of halogens is 1. The van der Waals surface area contributed by atoms with Crippen LogP contribution in [0.1, 0.15) is 43.9 Å². The summed E-state index contributed by atoms with van der Waals surface area (Å²) in [5, 5.41) is 2.99. The third kappa shape index (κ3) is 4.49. The van der Waals surface area contributed by atoms with Crippen LogP contribution < -0.4 is 16.0 Å². The van der Waals surface area contributed by atoms with Crippen LogP contribution in [-0.4, -0.2) is 18.4 Å². The van der Waals surface area contributed by atoms with Gasteiger partial charge in [0.05, 0.1) is 6.04 Å². The Morgan fingerprint density at radius 1 is 1.15 bits per heavy atom. The molecule has 2 unspecified atom stereocenters. The molecule has 6 heteroatoms. The number of nitrogens with zero attached hydrogens (tertiary/aromatic N) is 1. The molecule has 1 saturated heterocycles. The summed E-state index contributed by atoms with van der Waals surface area (Å²) in [6.45, 7) is 4.41. The van der Waals surface area contributed by atoms with Crippen LogP contribution in [-0.2, 0) is 15.1 Å². The molecule has 5 nitrogen and oxygen atoms in total. The number of nitrogens with two attached hydrogens (primary N) is 1. The summed E-state index contributed by atoms with van der Waals surface area (Å²) in [5.74, 6) is -0.0594. The van der Waals surface area contributed by atoms with Crippen molar-refractivity contribution < 1.29 is 9.59 Å². The SMILES string of the molecule is CC(NC(=O)C(C)(N)c1ccccc1)c1ccc(N2CCCC2=O)cc1.Cl. The summed E-state index contributed by atoms with van der Waals surface area (Å²) >= 11 is 0. The number of anilines is 1. The molecule has 1 fully saturated rings. The van der Waals surface area contributed by atoms with Crippen molar-refractivity contribution in [2.45, 2.75) is 38.3 Å². The van der Waals surface area contributed by atoms with Crippen molar-refractivity contribution in [2.24, 2.45) is 5.73 Å². The first-order valence-electron chi connectivity index (χ1n) is 8.95. The third-order valence-electron chi connectivity index (χ3n) is 4.97. The van der Waals surface area contributed by atoms with Gasteiger partial charge >= 0.3 is 0 Å². The molecule has 2 atom stereocenters. The molecule has 1 aliphatic heterocycles. The molecule has 1 heterocycles. The maximum absolute atomic E-state index is 12.7. The third-order valence-corrected chi connectivity index (χ3v) is 4.97. The molecule has 0 aliphatic carbocycles. The lowest BCUT2D eigenvalue weighted by Gasteiger charge is -2.26. The molecule has 0 spiro atoms. The highest BCUT2D eigenvalue weighted by atomic mass is 35.5. The molecular weight excluding hydrogens is 362 g/mol. The molecule has 27 heavy (non-hydrogen) atoms. The van der Waals surface area contributed by atoms with E-state index in [1.807, 2.05) is 61.5 Å². The van der Waals surface area contributed by atoms with Gasteiger partial charge in [-0.1, -0.05) is 42.5 Å². The number of hydrogen-bond acceptors (Lipinski definition) is 3. The zero-order chi connectivity index (χ0) is 18.7. The van der Waals surface area contributed by atoms with Gasteiger partial charge in [-0.15, -0.1) is 12.4 Å². The Kier molecular flexibility index (Phi) is 6.63. The van der Waals surface area contributed by atoms with Crippen LogP contribution in [0, 0.1) is 0 Å². The number of nitrogens with one attached hydrogen (secondary N) is 1. The van der Waals surface area contributed by atoms with Crippen molar-refractivity contribution in [2.75, 3.05) is 11.4 Å². The van der Waals surface area contributed by atoms with Crippen molar-refractivity contribution in [1.82, 2.24) is 5.32 Å². The Morgan fingerprint density at radius 2 is 1.78 bits per heavy atom. The average Bonchev–Trinajstić information content (AvgIpc) is 3.08. The molecule has 0 radical (unpaired) electrons. The summed E-state index contributed by atoms with van der Waals surface area (Å²) in [4.78, 5) is 26.3. The van der Waals surface area contributed by atoms with Crippen molar-refractivity contribution >= 4 is 29.9 Å². The highest BCUT2D eigenvalue weighted by molar-refractivity contribution is 5.95. The van der Waals surface area contributed by atoms with E-state index in [2.05, 4.69) is 5.32 Å². The largest absolute Gasteiger partial charge is 0.348 e. The van der Waals surface area contributed by atoms with Crippen LogP contribution in [0.4, 0.5) is 5.69 Å². The predicted octanol–water partition coefficient (Wildman–Crippen LogP) is 3.29. The molecule has 3 N–H and O–H groups in total. The van der Waals surface area contributed by atoms with Gasteiger partial charge in [0.25, 0.3) is 0 Å². The van der Waals surface area contributed by atoms with Gasteiger partial charge in [-0.3, -0.25) is 9.59 Å². The number of benzene rings is 2. The van der Waals surface area contributed by atoms with Crippen molar-refractivity contribution in [3.8, 4) is 0 Å². The Balaban J connectivity index is 0.00000261. The van der Waals surface area contributed by atoms with Gasteiger partial charge in [0.15, 0.2) is 0 Å². The second kappa shape index (κ2) is 8.55. The van der Waals surface area contributed by atoms with Gasteiger partial charge in [0.2, 0.25) is 11.8 Å². The van der Waals surface area contributed by atoms with E-state index >= 15 is 0 Å². The minimum atomic E-state index is -1.10. The monoisotopic (exact) mass is 387 g/mol. The summed E-state index contributed by atoms with van der Waals surface area (Å²) < 4.78 is 0. The summed E-state index contributed by atoms with van der Waals surface area (Å²) in [5.41, 5.74) is 7.82. The fourth-order valence-electron chi connectivity index (χ4n) is 3.21. The summed E-state index contributed by atoms with van der Waals surface area (Å²) in [6.07, 6.45) is 1.52. The number of rotatable bonds is 5. The minimum Gasteiger partial charge on any atom is -0.348 e. The molecule has 0 aromatic heterocycles. The first kappa shape index (κ1) is 20.9. The van der Waals surface area contributed by atoms with E-state index in [4.69, 9.17) is 5.73 Å². The van der Waals surface area contributed by atoms with Gasteiger partial charge in [-0.05, 0) is 43.5 Å². The average molecular weight is 388 g/mol. The van der Waals surface area contributed by atoms with Crippen LogP contribution in [0.2, 0.25) is 0 Å². The Morgan fingerprint density at radius 3 is 2.33 bits per heavy atom. The summed E-state index contributed by atoms with van der Waals surface area (Å²) in [7, 11) is 0. The number of amides is 2. The molecule has 0 saturated carbocycles. The second-order valence-corrected chi connectivity index (χ2v) is 7.00. The predicted molar refractivity (Wildman–Crippen MR) is 110 cm³/mol. The maximum atomic E-state index is 12.7. The van der Waals surface area contributed by atoms with E-state index in [1.165, 1.54) is 0 Å². The molecule has 2 aromatic carbocycles. The van der Waals surface area contributed by atoms with Crippen LogP contribution in [0.15, 0.2) is 54.6 Å². The fourth-order valence-corrected chi connectivity index (χ4v) is 3.21.